The average Bonchev–Trinajstić information content (AvgIpc) is 2.67. The number of nitrogens with zero attached hydrogens (tertiary/aromatic N) is 1. The summed E-state index contributed by atoms with van der Waals surface area (Å²) in [4.78, 5) is 15.1. The normalized spacial score (nSPS) is 21.0. The van der Waals surface area contributed by atoms with E-state index in [-0.39, 0.29) is 16.8 Å². The van der Waals surface area contributed by atoms with Crippen LogP contribution in [0.3, 0.4) is 0 Å². The summed E-state index contributed by atoms with van der Waals surface area (Å²) in [5, 5.41) is 3.03. The van der Waals surface area contributed by atoms with E-state index < -0.39 is 10.0 Å². The predicted molar refractivity (Wildman–Crippen MR) is 120 cm³/mol. The van der Waals surface area contributed by atoms with Crippen LogP contribution in [0.1, 0.15) is 37.6 Å². The second kappa shape index (κ2) is 9.62. The topological polar surface area (TPSA) is 78.5 Å². The van der Waals surface area contributed by atoms with Crippen LogP contribution < -0.4 is 10.0 Å². The first-order valence-corrected chi connectivity index (χ1v) is 11.9. The van der Waals surface area contributed by atoms with E-state index in [9.17, 15) is 13.2 Å². The van der Waals surface area contributed by atoms with Gasteiger partial charge in [-0.15, -0.1) is 0 Å². The van der Waals surface area contributed by atoms with Crippen molar-refractivity contribution < 1.29 is 13.2 Å². The summed E-state index contributed by atoms with van der Waals surface area (Å²) >= 11 is 0. The molecule has 0 saturated carbocycles. The summed E-state index contributed by atoms with van der Waals surface area (Å²) < 4.78 is 27.6. The van der Waals surface area contributed by atoms with E-state index in [4.69, 9.17) is 0 Å². The third-order valence-corrected chi connectivity index (χ3v) is 6.70. The number of benzene rings is 2. The molecule has 3 atom stereocenters. The molecule has 162 valence electrons. The summed E-state index contributed by atoms with van der Waals surface area (Å²) in [5.41, 5.74) is 0.940. The standard InChI is InChI=1S/C23H31N3O3S/c1-17-13-18(2)15-26(14-17)16-19(3)24-23(27)20-9-11-22(12-10-20)30(28,29)25-21-7-5-4-6-8-21/h4-12,17-19,25H,13-16H2,1-3H3,(H,24,27). The van der Waals surface area contributed by atoms with Gasteiger partial charge in [0.15, 0.2) is 0 Å². The summed E-state index contributed by atoms with van der Waals surface area (Å²) in [6, 6.07) is 14.7. The molecule has 2 aromatic rings. The van der Waals surface area contributed by atoms with Crippen molar-refractivity contribution in [3.63, 3.8) is 0 Å². The molecule has 0 spiro atoms. The zero-order chi connectivity index (χ0) is 21.7. The van der Waals surface area contributed by atoms with Crippen molar-refractivity contribution in [2.24, 2.45) is 11.8 Å². The number of sulfonamides is 1. The molecular weight excluding hydrogens is 398 g/mol. The molecule has 3 unspecified atom stereocenters. The van der Waals surface area contributed by atoms with Gasteiger partial charge in [-0.25, -0.2) is 8.42 Å². The Kier molecular flexibility index (Phi) is 7.15. The van der Waals surface area contributed by atoms with Gasteiger partial charge in [0.25, 0.3) is 15.9 Å². The van der Waals surface area contributed by atoms with Crippen LogP contribution in [0.15, 0.2) is 59.5 Å². The maximum atomic E-state index is 12.6. The molecule has 7 heteroatoms. The zero-order valence-corrected chi connectivity index (χ0v) is 18.7. The molecule has 1 amide bonds. The molecule has 2 aromatic carbocycles. The van der Waals surface area contributed by atoms with Crippen LogP contribution in [-0.4, -0.2) is 44.9 Å². The lowest BCUT2D eigenvalue weighted by atomic mass is 9.92. The lowest BCUT2D eigenvalue weighted by Gasteiger charge is -2.36. The minimum absolute atomic E-state index is 0.0122. The van der Waals surface area contributed by atoms with Gasteiger partial charge < -0.3 is 10.2 Å². The van der Waals surface area contributed by atoms with Crippen molar-refractivity contribution in [1.29, 1.82) is 0 Å². The number of likely N-dealkylation sites (tertiary alicyclic amines) is 1. The van der Waals surface area contributed by atoms with Gasteiger partial charge in [-0.05, 0) is 61.6 Å². The number of para-hydroxylation sites is 1. The van der Waals surface area contributed by atoms with Crippen LogP contribution in [-0.2, 0) is 10.0 Å². The van der Waals surface area contributed by atoms with Crippen LogP contribution in [0.2, 0.25) is 0 Å². The van der Waals surface area contributed by atoms with Crippen molar-refractivity contribution in [1.82, 2.24) is 10.2 Å². The van der Waals surface area contributed by atoms with Crippen molar-refractivity contribution >= 4 is 21.6 Å². The molecule has 0 aromatic heterocycles. The molecule has 3 rings (SSSR count). The van der Waals surface area contributed by atoms with Crippen LogP contribution in [0.25, 0.3) is 0 Å². The van der Waals surface area contributed by atoms with E-state index in [0.29, 0.717) is 23.1 Å². The van der Waals surface area contributed by atoms with Crippen LogP contribution in [0, 0.1) is 11.8 Å². The number of rotatable bonds is 7. The van der Waals surface area contributed by atoms with Gasteiger partial charge >= 0.3 is 0 Å². The Bertz CT molecular complexity index is 935. The molecule has 30 heavy (non-hydrogen) atoms. The number of hydrogen-bond donors (Lipinski definition) is 2. The highest BCUT2D eigenvalue weighted by Gasteiger charge is 2.23. The summed E-state index contributed by atoms with van der Waals surface area (Å²) in [5.74, 6) is 1.16. The second-order valence-electron chi connectivity index (χ2n) is 8.53. The molecule has 1 aliphatic heterocycles. The van der Waals surface area contributed by atoms with Gasteiger partial charge in [0.2, 0.25) is 0 Å². The number of carbonyl (C=O) groups is 1. The minimum atomic E-state index is -3.70. The molecule has 0 radical (unpaired) electrons. The number of carbonyl (C=O) groups excluding carboxylic acids is 1. The Morgan fingerprint density at radius 3 is 2.23 bits per heavy atom. The SMILES string of the molecule is CC1CC(C)CN(CC(C)NC(=O)c2ccc(S(=O)(=O)Nc3ccccc3)cc2)C1. The van der Waals surface area contributed by atoms with E-state index >= 15 is 0 Å². The fraction of sp³-hybridized carbons (Fsp3) is 0.435. The van der Waals surface area contributed by atoms with Gasteiger partial charge in [-0.1, -0.05) is 32.0 Å². The maximum Gasteiger partial charge on any atom is 0.261 e. The molecule has 1 aliphatic rings. The Labute approximate surface area is 179 Å². The maximum absolute atomic E-state index is 12.6. The predicted octanol–water partition coefficient (Wildman–Crippen LogP) is 3.58. The lowest BCUT2D eigenvalue weighted by molar-refractivity contribution is 0.0905. The molecule has 1 heterocycles. The monoisotopic (exact) mass is 429 g/mol. The smallest absolute Gasteiger partial charge is 0.261 e. The molecule has 1 fully saturated rings. The average molecular weight is 430 g/mol. The van der Waals surface area contributed by atoms with Crippen LogP contribution in [0.4, 0.5) is 5.69 Å². The fourth-order valence-corrected chi connectivity index (χ4v) is 5.25. The summed E-state index contributed by atoms with van der Waals surface area (Å²) in [6.45, 7) is 9.48. The van der Waals surface area contributed by atoms with E-state index in [1.54, 1.807) is 36.4 Å². The first kappa shape index (κ1) is 22.3. The first-order valence-electron chi connectivity index (χ1n) is 10.4. The molecule has 1 saturated heterocycles. The van der Waals surface area contributed by atoms with E-state index in [0.717, 1.165) is 19.6 Å². The molecule has 6 nitrogen and oxygen atoms in total. The van der Waals surface area contributed by atoms with Crippen molar-refractivity contribution in [2.45, 2.75) is 38.1 Å². The van der Waals surface area contributed by atoms with E-state index in [2.05, 4.69) is 28.8 Å². The van der Waals surface area contributed by atoms with Gasteiger partial charge in [-0.3, -0.25) is 9.52 Å². The number of nitrogens with one attached hydrogen (secondary N) is 2. The Morgan fingerprint density at radius 2 is 1.63 bits per heavy atom. The third-order valence-electron chi connectivity index (χ3n) is 5.31. The zero-order valence-electron chi connectivity index (χ0n) is 17.8. The van der Waals surface area contributed by atoms with Crippen molar-refractivity contribution in [3.8, 4) is 0 Å². The van der Waals surface area contributed by atoms with Gasteiger partial charge in [0.05, 0.1) is 4.90 Å². The summed E-state index contributed by atoms with van der Waals surface area (Å²) in [6.07, 6.45) is 1.26. The van der Waals surface area contributed by atoms with Gasteiger partial charge in [0, 0.05) is 36.9 Å². The van der Waals surface area contributed by atoms with Crippen LogP contribution in [0.5, 0.6) is 0 Å². The first-order chi connectivity index (χ1) is 14.2. The van der Waals surface area contributed by atoms with Crippen LogP contribution >= 0.6 is 0 Å². The molecule has 0 bridgehead atoms. The number of hydrogen-bond acceptors (Lipinski definition) is 4. The van der Waals surface area contributed by atoms with Crippen molar-refractivity contribution in [3.05, 3.63) is 60.2 Å². The van der Waals surface area contributed by atoms with E-state index in [1.807, 2.05) is 13.0 Å². The molecular formula is C23H31N3O3S. The minimum Gasteiger partial charge on any atom is -0.348 e. The Morgan fingerprint density at radius 1 is 1.03 bits per heavy atom. The second-order valence-corrected chi connectivity index (χ2v) is 10.2. The van der Waals surface area contributed by atoms with Crippen molar-refractivity contribution in [2.75, 3.05) is 24.4 Å². The van der Waals surface area contributed by atoms with Gasteiger partial charge in [0.1, 0.15) is 0 Å². The highest BCUT2D eigenvalue weighted by atomic mass is 32.2. The van der Waals surface area contributed by atoms with Gasteiger partial charge in [-0.2, -0.15) is 0 Å². The number of piperidine rings is 1. The highest BCUT2D eigenvalue weighted by Crippen LogP contribution is 2.21. The largest absolute Gasteiger partial charge is 0.348 e. The quantitative estimate of drug-likeness (QED) is 0.705. The number of anilines is 1. The Hall–Kier alpha value is -2.38. The molecule has 2 N–H and O–H groups in total. The summed E-state index contributed by atoms with van der Waals surface area (Å²) in [7, 11) is -3.70. The fourth-order valence-electron chi connectivity index (χ4n) is 4.19. The number of amides is 1. The highest BCUT2D eigenvalue weighted by molar-refractivity contribution is 7.92. The lowest BCUT2D eigenvalue weighted by Crippen LogP contribution is -2.47. The van der Waals surface area contributed by atoms with E-state index in [1.165, 1.54) is 18.6 Å². The third kappa shape index (κ3) is 6.06. The molecule has 0 aliphatic carbocycles. The Balaban J connectivity index is 1.58.